The zero-order chi connectivity index (χ0) is 14.9. The lowest BCUT2D eigenvalue weighted by Gasteiger charge is -2.35. The summed E-state index contributed by atoms with van der Waals surface area (Å²) < 4.78 is 23.0. The Labute approximate surface area is 129 Å². The molecule has 0 bridgehead atoms. The predicted molar refractivity (Wildman–Crippen MR) is 82.9 cm³/mol. The highest BCUT2D eigenvalue weighted by Gasteiger charge is 2.36. The Bertz CT molecular complexity index is 590. The summed E-state index contributed by atoms with van der Waals surface area (Å²) in [7, 11) is -2.98. The smallest absolute Gasteiger partial charge is 0.226 e. The maximum Gasteiger partial charge on any atom is 0.226 e. The van der Waals surface area contributed by atoms with E-state index in [1.165, 1.54) is 4.88 Å². The number of carbonyl (C=O) groups excluding carboxylic acids is 1. The molecule has 3 rings (SSSR count). The monoisotopic (exact) mass is 328 g/mol. The van der Waals surface area contributed by atoms with E-state index < -0.39 is 9.84 Å². The Kier molecular flexibility index (Phi) is 4.33. The van der Waals surface area contributed by atoms with Crippen LogP contribution in [0.15, 0.2) is 17.5 Å². The maximum absolute atomic E-state index is 12.4. The lowest BCUT2D eigenvalue weighted by molar-refractivity contribution is -0.136. The van der Waals surface area contributed by atoms with Gasteiger partial charge in [0.1, 0.15) is 0 Å². The second-order valence-electron chi connectivity index (χ2n) is 5.78. The minimum Gasteiger partial charge on any atom is -0.340 e. The van der Waals surface area contributed by atoms with Gasteiger partial charge in [0.25, 0.3) is 0 Å². The summed E-state index contributed by atoms with van der Waals surface area (Å²) in [4.78, 5) is 17.9. The van der Waals surface area contributed by atoms with Crippen LogP contribution < -0.4 is 0 Å². The van der Waals surface area contributed by atoms with Crippen LogP contribution in [-0.4, -0.2) is 61.8 Å². The number of hydrogen-bond donors (Lipinski definition) is 0. The van der Waals surface area contributed by atoms with Gasteiger partial charge >= 0.3 is 0 Å². The van der Waals surface area contributed by atoms with E-state index in [1.807, 2.05) is 4.90 Å². The molecule has 1 atom stereocenters. The third-order valence-electron chi connectivity index (χ3n) is 4.23. The molecular formula is C14H20N2O3S2. The van der Waals surface area contributed by atoms with Crippen molar-refractivity contribution in [2.24, 2.45) is 5.92 Å². The van der Waals surface area contributed by atoms with E-state index >= 15 is 0 Å². The number of rotatable bonds is 3. The summed E-state index contributed by atoms with van der Waals surface area (Å²) in [5.41, 5.74) is 0. The second-order valence-corrected chi connectivity index (χ2v) is 9.04. The zero-order valence-electron chi connectivity index (χ0n) is 11.9. The van der Waals surface area contributed by atoms with E-state index in [1.54, 1.807) is 11.3 Å². The van der Waals surface area contributed by atoms with E-state index in [9.17, 15) is 13.2 Å². The van der Waals surface area contributed by atoms with Crippen molar-refractivity contribution in [1.82, 2.24) is 9.80 Å². The molecule has 0 aliphatic carbocycles. The third kappa shape index (κ3) is 3.64. The standard InChI is InChI=1S/C14H20N2O3S2/c17-14(12-3-9-21(18,19)11-12)16-6-4-15(5-7-16)10-13-2-1-8-20-13/h1-2,8,12H,3-7,9-11H2/t12-/m0/s1. The Morgan fingerprint density at radius 1 is 1.29 bits per heavy atom. The van der Waals surface area contributed by atoms with Gasteiger partial charge in [0.2, 0.25) is 5.91 Å². The highest BCUT2D eigenvalue weighted by atomic mass is 32.2. The Morgan fingerprint density at radius 3 is 2.62 bits per heavy atom. The number of carbonyl (C=O) groups is 1. The first kappa shape index (κ1) is 15.0. The lowest BCUT2D eigenvalue weighted by atomic mass is 10.1. The summed E-state index contributed by atoms with van der Waals surface area (Å²) in [5, 5.41) is 2.08. The molecule has 1 aromatic heterocycles. The van der Waals surface area contributed by atoms with Crippen molar-refractivity contribution < 1.29 is 13.2 Å². The number of thiophene rings is 1. The lowest BCUT2D eigenvalue weighted by Crippen LogP contribution is -2.50. The van der Waals surface area contributed by atoms with Gasteiger partial charge in [-0.2, -0.15) is 0 Å². The molecule has 2 fully saturated rings. The molecule has 0 unspecified atom stereocenters. The normalized spacial score (nSPS) is 26.1. The largest absolute Gasteiger partial charge is 0.340 e. The van der Waals surface area contributed by atoms with Crippen LogP contribution >= 0.6 is 11.3 Å². The Morgan fingerprint density at radius 2 is 2.05 bits per heavy atom. The topological polar surface area (TPSA) is 57.7 Å². The molecule has 2 aliphatic heterocycles. The Balaban J connectivity index is 1.50. The quantitative estimate of drug-likeness (QED) is 0.825. The Hall–Kier alpha value is -0.920. The van der Waals surface area contributed by atoms with Gasteiger partial charge in [-0.3, -0.25) is 9.69 Å². The van der Waals surface area contributed by atoms with Gasteiger partial charge in [-0.25, -0.2) is 8.42 Å². The highest BCUT2D eigenvalue weighted by Crippen LogP contribution is 2.22. The van der Waals surface area contributed by atoms with E-state index in [0.29, 0.717) is 19.5 Å². The maximum atomic E-state index is 12.4. The number of hydrogen-bond acceptors (Lipinski definition) is 5. The fourth-order valence-corrected chi connectivity index (χ4v) is 5.48. The molecule has 0 spiro atoms. The highest BCUT2D eigenvalue weighted by molar-refractivity contribution is 7.91. The second kappa shape index (κ2) is 6.06. The molecular weight excluding hydrogens is 308 g/mol. The zero-order valence-corrected chi connectivity index (χ0v) is 13.5. The average molecular weight is 328 g/mol. The first-order valence-electron chi connectivity index (χ1n) is 7.27. The third-order valence-corrected chi connectivity index (χ3v) is 6.85. The average Bonchev–Trinajstić information content (AvgIpc) is 3.08. The van der Waals surface area contributed by atoms with Gasteiger partial charge in [-0.15, -0.1) is 11.3 Å². The van der Waals surface area contributed by atoms with Crippen molar-refractivity contribution in [2.75, 3.05) is 37.7 Å². The van der Waals surface area contributed by atoms with Gasteiger partial charge in [-0.1, -0.05) is 6.07 Å². The van der Waals surface area contributed by atoms with Crippen LogP contribution in [0.5, 0.6) is 0 Å². The van der Waals surface area contributed by atoms with Gasteiger partial charge in [-0.05, 0) is 17.9 Å². The van der Waals surface area contributed by atoms with Gasteiger partial charge < -0.3 is 4.90 Å². The SMILES string of the molecule is O=C([C@H]1CCS(=O)(=O)C1)N1CCN(Cc2cccs2)CC1. The van der Waals surface area contributed by atoms with Gasteiger partial charge in [0.05, 0.1) is 17.4 Å². The molecule has 0 radical (unpaired) electrons. The van der Waals surface area contributed by atoms with Gasteiger partial charge in [0, 0.05) is 37.6 Å². The van der Waals surface area contributed by atoms with Crippen LogP contribution in [0.1, 0.15) is 11.3 Å². The summed E-state index contributed by atoms with van der Waals surface area (Å²) in [6.45, 7) is 4.09. The number of piperazine rings is 1. The molecule has 21 heavy (non-hydrogen) atoms. The molecule has 7 heteroatoms. The van der Waals surface area contributed by atoms with E-state index in [4.69, 9.17) is 0 Å². The molecule has 5 nitrogen and oxygen atoms in total. The van der Waals surface area contributed by atoms with Crippen LogP contribution in [0.4, 0.5) is 0 Å². The first-order chi connectivity index (χ1) is 10.0. The summed E-state index contributed by atoms with van der Waals surface area (Å²) in [6.07, 6.45) is 0.497. The summed E-state index contributed by atoms with van der Waals surface area (Å²) in [5.74, 6) is -0.0612. The molecule has 116 valence electrons. The molecule has 0 saturated carbocycles. The van der Waals surface area contributed by atoms with Crippen LogP contribution in [0.2, 0.25) is 0 Å². The van der Waals surface area contributed by atoms with Crippen molar-refractivity contribution in [3.05, 3.63) is 22.4 Å². The van der Waals surface area contributed by atoms with Gasteiger partial charge in [0.15, 0.2) is 9.84 Å². The molecule has 0 N–H and O–H groups in total. The minimum atomic E-state index is -2.98. The van der Waals surface area contributed by atoms with Crippen molar-refractivity contribution in [3.8, 4) is 0 Å². The van der Waals surface area contributed by atoms with Crippen molar-refractivity contribution in [3.63, 3.8) is 0 Å². The molecule has 1 amide bonds. The van der Waals surface area contributed by atoms with Crippen LogP contribution in [0.3, 0.4) is 0 Å². The predicted octanol–water partition coefficient (Wildman–Crippen LogP) is 0.827. The molecule has 3 heterocycles. The van der Waals surface area contributed by atoms with Crippen molar-refractivity contribution in [1.29, 1.82) is 0 Å². The molecule has 0 aromatic carbocycles. The fraction of sp³-hybridized carbons (Fsp3) is 0.643. The molecule has 1 aromatic rings. The minimum absolute atomic E-state index is 0.0341. The van der Waals surface area contributed by atoms with Crippen molar-refractivity contribution in [2.45, 2.75) is 13.0 Å². The first-order valence-corrected chi connectivity index (χ1v) is 9.97. The van der Waals surface area contributed by atoms with E-state index in [0.717, 1.165) is 19.6 Å². The number of amides is 1. The van der Waals surface area contributed by atoms with Crippen molar-refractivity contribution >= 4 is 27.1 Å². The van der Waals surface area contributed by atoms with Crippen LogP contribution in [0, 0.1) is 5.92 Å². The van der Waals surface area contributed by atoms with E-state index in [2.05, 4.69) is 22.4 Å². The van der Waals surface area contributed by atoms with E-state index in [-0.39, 0.29) is 23.3 Å². The molecule has 2 aliphatic rings. The van der Waals surface area contributed by atoms with Crippen LogP contribution in [-0.2, 0) is 21.2 Å². The number of nitrogens with zero attached hydrogens (tertiary/aromatic N) is 2. The summed E-state index contributed by atoms with van der Waals surface area (Å²) in [6, 6.07) is 4.19. The fourth-order valence-electron chi connectivity index (χ4n) is 3.00. The van der Waals surface area contributed by atoms with Crippen LogP contribution in [0.25, 0.3) is 0 Å². The summed E-state index contributed by atoms with van der Waals surface area (Å²) >= 11 is 1.75. The number of sulfone groups is 1. The molecule has 2 saturated heterocycles.